The van der Waals surface area contributed by atoms with Gasteiger partial charge in [0.1, 0.15) is 0 Å². The third kappa shape index (κ3) is 1.88. The SMILES string of the molecule is CCC1NC2(CC2)C(=O)N1C1CCCCC1SC. The summed E-state index contributed by atoms with van der Waals surface area (Å²) in [6.07, 6.45) is 10.7. The van der Waals surface area contributed by atoms with Gasteiger partial charge in [-0.3, -0.25) is 10.1 Å². The van der Waals surface area contributed by atoms with Gasteiger partial charge in [0.05, 0.1) is 11.7 Å². The third-order valence-electron chi connectivity index (χ3n) is 4.89. The fourth-order valence-corrected chi connectivity index (χ4v) is 4.66. The van der Waals surface area contributed by atoms with Crippen LogP contribution in [0.4, 0.5) is 0 Å². The molecule has 3 atom stereocenters. The molecule has 0 bridgehead atoms. The van der Waals surface area contributed by atoms with Gasteiger partial charge in [0.2, 0.25) is 5.91 Å². The number of thioether (sulfide) groups is 1. The molecule has 2 saturated carbocycles. The maximum atomic E-state index is 12.7. The van der Waals surface area contributed by atoms with Crippen LogP contribution >= 0.6 is 11.8 Å². The lowest BCUT2D eigenvalue weighted by atomic mass is 9.93. The molecule has 4 heteroatoms. The van der Waals surface area contributed by atoms with Gasteiger partial charge in [0.25, 0.3) is 0 Å². The number of nitrogens with one attached hydrogen (secondary N) is 1. The molecule has 3 unspecified atom stereocenters. The molecule has 1 spiro atoms. The predicted molar refractivity (Wildman–Crippen MR) is 75.6 cm³/mol. The highest BCUT2D eigenvalue weighted by atomic mass is 32.2. The molecule has 1 aliphatic heterocycles. The molecule has 3 aliphatic rings. The number of hydrogen-bond donors (Lipinski definition) is 1. The Morgan fingerprint density at radius 1 is 1.39 bits per heavy atom. The van der Waals surface area contributed by atoms with E-state index in [1.165, 1.54) is 25.7 Å². The van der Waals surface area contributed by atoms with E-state index >= 15 is 0 Å². The van der Waals surface area contributed by atoms with Crippen molar-refractivity contribution in [3.8, 4) is 0 Å². The van der Waals surface area contributed by atoms with E-state index in [2.05, 4.69) is 23.4 Å². The lowest BCUT2D eigenvalue weighted by Gasteiger charge is -2.39. The highest BCUT2D eigenvalue weighted by Crippen LogP contribution is 2.45. The van der Waals surface area contributed by atoms with E-state index in [9.17, 15) is 4.79 Å². The summed E-state index contributed by atoms with van der Waals surface area (Å²) in [5, 5.41) is 4.25. The van der Waals surface area contributed by atoms with E-state index in [1.54, 1.807) is 0 Å². The van der Waals surface area contributed by atoms with Crippen molar-refractivity contribution in [1.29, 1.82) is 0 Å². The Balaban J connectivity index is 1.82. The third-order valence-corrected chi connectivity index (χ3v) is 6.04. The number of hydrogen-bond acceptors (Lipinski definition) is 3. The summed E-state index contributed by atoms with van der Waals surface area (Å²) in [5.74, 6) is 0.403. The number of carbonyl (C=O) groups is 1. The number of amides is 1. The normalized spacial score (nSPS) is 38.4. The van der Waals surface area contributed by atoms with Gasteiger partial charge < -0.3 is 4.90 Å². The highest BCUT2D eigenvalue weighted by Gasteiger charge is 2.60. The summed E-state index contributed by atoms with van der Waals surface area (Å²) in [7, 11) is 0. The Bertz CT molecular complexity index is 343. The molecule has 0 aromatic carbocycles. The van der Waals surface area contributed by atoms with Crippen molar-refractivity contribution in [2.45, 2.75) is 74.9 Å². The lowest BCUT2D eigenvalue weighted by Crippen LogP contribution is -2.50. The summed E-state index contributed by atoms with van der Waals surface area (Å²) < 4.78 is 0. The quantitative estimate of drug-likeness (QED) is 0.853. The fourth-order valence-electron chi connectivity index (χ4n) is 3.67. The first-order valence-corrected chi connectivity index (χ1v) is 8.64. The zero-order valence-corrected chi connectivity index (χ0v) is 12.3. The molecular formula is C14H24N2OS. The van der Waals surface area contributed by atoms with Gasteiger partial charge in [-0.15, -0.1) is 0 Å². The van der Waals surface area contributed by atoms with Crippen LogP contribution in [0.2, 0.25) is 0 Å². The van der Waals surface area contributed by atoms with Gasteiger partial charge in [-0.1, -0.05) is 19.8 Å². The maximum absolute atomic E-state index is 12.7. The lowest BCUT2D eigenvalue weighted by molar-refractivity contribution is -0.133. The Labute approximate surface area is 114 Å². The first kappa shape index (κ1) is 12.8. The molecule has 0 radical (unpaired) electrons. The average Bonchev–Trinajstić information content (AvgIpc) is 3.13. The van der Waals surface area contributed by atoms with Gasteiger partial charge in [-0.25, -0.2) is 0 Å². The van der Waals surface area contributed by atoms with Crippen molar-refractivity contribution in [2.24, 2.45) is 0 Å². The monoisotopic (exact) mass is 268 g/mol. The van der Waals surface area contributed by atoms with Crippen LogP contribution in [0.5, 0.6) is 0 Å². The van der Waals surface area contributed by atoms with Crippen LogP contribution in [0.25, 0.3) is 0 Å². The van der Waals surface area contributed by atoms with E-state index in [4.69, 9.17) is 0 Å². The van der Waals surface area contributed by atoms with Crippen LogP contribution in [-0.4, -0.2) is 40.1 Å². The van der Waals surface area contributed by atoms with Crippen molar-refractivity contribution in [1.82, 2.24) is 10.2 Å². The first-order chi connectivity index (χ1) is 8.72. The van der Waals surface area contributed by atoms with Gasteiger partial charge in [0.15, 0.2) is 0 Å². The van der Waals surface area contributed by atoms with Gasteiger partial charge >= 0.3 is 0 Å². The molecular weight excluding hydrogens is 244 g/mol. The van der Waals surface area contributed by atoms with Gasteiger partial charge in [-0.05, 0) is 38.4 Å². The summed E-state index contributed by atoms with van der Waals surface area (Å²) in [6, 6.07) is 0.471. The van der Waals surface area contributed by atoms with E-state index in [1.807, 2.05) is 11.8 Å². The Kier molecular flexibility index (Phi) is 3.35. The van der Waals surface area contributed by atoms with Gasteiger partial charge in [0, 0.05) is 11.3 Å². The molecule has 2 aliphatic carbocycles. The minimum Gasteiger partial charge on any atom is -0.321 e. The van der Waals surface area contributed by atoms with Crippen molar-refractivity contribution < 1.29 is 4.79 Å². The summed E-state index contributed by atoms with van der Waals surface area (Å²) in [5.41, 5.74) is -0.138. The zero-order valence-electron chi connectivity index (χ0n) is 11.4. The fraction of sp³-hybridized carbons (Fsp3) is 0.929. The van der Waals surface area contributed by atoms with E-state index < -0.39 is 0 Å². The Hall–Kier alpha value is -0.220. The Morgan fingerprint density at radius 3 is 2.72 bits per heavy atom. The molecule has 0 aromatic rings. The largest absolute Gasteiger partial charge is 0.321 e. The number of carbonyl (C=O) groups excluding carboxylic acids is 1. The molecule has 1 amide bonds. The second-order valence-corrected chi connectivity index (χ2v) is 7.07. The molecule has 1 saturated heterocycles. The summed E-state index contributed by atoms with van der Waals surface area (Å²) >= 11 is 1.95. The standard InChI is InChI=1S/C14H24N2OS/c1-3-12-15-14(8-9-14)13(17)16(12)10-6-4-5-7-11(10)18-2/h10-12,15H,3-9H2,1-2H3. The van der Waals surface area contributed by atoms with E-state index in [-0.39, 0.29) is 11.7 Å². The highest BCUT2D eigenvalue weighted by molar-refractivity contribution is 7.99. The van der Waals surface area contributed by atoms with Crippen LogP contribution in [-0.2, 0) is 4.79 Å². The van der Waals surface area contributed by atoms with Crippen LogP contribution in [0.15, 0.2) is 0 Å². The van der Waals surface area contributed by atoms with Crippen molar-refractivity contribution in [3.05, 3.63) is 0 Å². The summed E-state index contributed by atoms with van der Waals surface area (Å²) in [6.45, 7) is 2.19. The second kappa shape index (κ2) is 4.71. The minimum absolute atomic E-state index is 0.138. The Morgan fingerprint density at radius 2 is 2.11 bits per heavy atom. The van der Waals surface area contributed by atoms with Crippen molar-refractivity contribution >= 4 is 17.7 Å². The zero-order chi connectivity index (χ0) is 12.8. The smallest absolute Gasteiger partial charge is 0.244 e. The minimum atomic E-state index is -0.138. The predicted octanol–water partition coefficient (Wildman–Crippen LogP) is 2.36. The summed E-state index contributed by atoms with van der Waals surface area (Å²) in [4.78, 5) is 14.9. The van der Waals surface area contributed by atoms with Gasteiger partial charge in [-0.2, -0.15) is 11.8 Å². The number of rotatable bonds is 3. The van der Waals surface area contributed by atoms with Crippen molar-refractivity contribution in [2.75, 3.05) is 6.26 Å². The molecule has 1 N–H and O–H groups in total. The molecule has 1 heterocycles. The molecule has 3 fully saturated rings. The van der Waals surface area contributed by atoms with E-state index in [0.29, 0.717) is 17.2 Å². The average molecular weight is 268 g/mol. The second-order valence-electron chi connectivity index (χ2n) is 5.99. The molecule has 3 nitrogen and oxygen atoms in total. The number of nitrogens with zero attached hydrogens (tertiary/aromatic N) is 1. The van der Waals surface area contributed by atoms with E-state index in [0.717, 1.165) is 19.3 Å². The molecule has 102 valence electrons. The topological polar surface area (TPSA) is 32.3 Å². The van der Waals surface area contributed by atoms with Crippen LogP contribution in [0.3, 0.4) is 0 Å². The first-order valence-electron chi connectivity index (χ1n) is 7.35. The van der Waals surface area contributed by atoms with Crippen molar-refractivity contribution in [3.63, 3.8) is 0 Å². The molecule has 18 heavy (non-hydrogen) atoms. The van der Waals surface area contributed by atoms with Crippen LogP contribution in [0.1, 0.15) is 51.9 Å². The van der Waals surface area contributed by atoms with Crippen LogP contribution in [0, 0.1) is 0 Å². The molecule has 3 rings (SSSR count). The van der Waals surface area contributed by atoms with Crippen LogP contribution < -0.4 is 5.32 Å². The molecule has 0 aromatic heterocycles. The maximum Gasteiger partial charge on any atom is 0.244 e.